The number of allylic oxidation sites excluding steroid dienone is 8. The number of rotatable bonds is 12. The molecule has 2 heterocycles. The first-order valence-electron chi connectivity index (χ1n) is 26.6. The predicted molar refractivity (Wildman–Crippen MR) is 286 cm³/mol. The zero-order valence-electron chi connectivity index (χ0n) is 43.5. The zero-order valence-corrected chi connectivity index (χ0v) is 43.5. The van der Waals surface area contributed by atoms with Crippen LogP contribution >= 0.6 is 0 Å². The number of phenolic OH excluding ortho intramolecular Hbond substituents is 1. The maximum absolute atomic E-state index is 15.0. The maximum Gasteiger partial charge on any atom is 0.243 e. The molecule has 7 rings (SSSR count). The van der Waals surface area contributed by atoms with Crippen LogP contribution in [0.5, 0.6) is 5.75 Å². The maximum atomic E-state index is 15.0. The number of amides is 1. The number of hydrogen-bond donors (Lipinski definition) is 10. The molecule has 12 heteroatoms. The van der Waals surface area contributed by atoms with Crippen LogP contribution in [-0.4, -0.2) is 91.1 Å². The molecule has 2 saturated carbocycles. The first-order chi connectivity index (χ1) is 34.8. The van der Waals surface area contributed by atoms with Gasteiger partial charge in [-0.1, -0.05) is 96.1 Å². The van der Waals surface area contributed by atoms with E-state index in [2.05, 4.69) is 55.3 Å². The average molecular weight is 1000 g/mol. The van der Waals surface area contributed by atoms with Gasteiger partial charge in [0.2, 0.25) is 5.91 Å². The minimum absolute atomic E-state index is 0.0108. The Morgan fingerprint density at radius 2 is 1.68 bits per heavy atom. The van der Waals surface area contributed by atoms with E-state index in [1.807, 2.05) is 55.5 Å². The number of nitrogens with one attached hydrogen (secondary N) is 2. The van der Waals surface area contributed by atoms with Crippen molar-refractivity contribution in [3.05, 3.63) is 158 Å². The monoisotopic (exact) mass is 1000 g/mol. The topological polar surface area (TPSA) is 226 Å². The molecule has 1 spiro atoms. The summed E-state index contributed by atoms with van der Waals surface area (Å²) in [6, 6.07) is 17.7. The molecule has 2 aliphatic carbocycles. The Balaban J connectivity index is 1.31. The summed E-state index contributed by atoms with van der Waals surface area (Å²) in [6.07, 6.45) is 10.3. The van der Waals surface area contributed by atoms with Crippen LogP contribution in [0.15, 0.2) is 119 Å². The summed E-state index contributed by atoms with van der Waals surface area (Å²) in [5.41, 5.74) is 13.9. The van der Waals surface area contributed by atoms with E-state index in [1.54, 1.807) is 19.1 Å². The lowest BCUT2D eigenvalue weighted by Crippen LogP contribution is -2.59. The van der Waals surface area contributed by atoms with Crippen LogP contribution in [0.25, 0.3) is 0 Å². The SMILES string of the molecule is C=C(/C=C/C=C(/CO)[C@H]1CC[C@@]2([C@@H]3CC[C@H](O)Cc4cc(CCCO)cc(c4)C[C@H](Cc4ccc(O)cc4)[C@H](O)CN[C@H]4C(=O)N[C@@H](N)c5cccc(c54)CC(=O)/C(C)=C/3CC[C@@]2(C)O)[C@@H]1O)CCC=C(C)C. The zero-order chi connectivity index (χ0) is 52.6. The third-order valence-corrected chi connectivity index (χ3v) is 16.7. The van der Waals surface area contributed by atoms with Crippen LogP contribution in [0.2, 0.25) is 0 Å². The minimum atomic E-state index is -1.37. The van der Waals surface area contributed by atoms with Crippen molar-refractivity contribution in [2.24, 2.45) is 28.9 Å². The van der Waals surface area contributed by atoms with Crippen molar-refractivity contribution >= 4 is 11.7 Å². The summed E-state index contributed by atoms with van der Waals surface area (Å²) in [7, 11) is 0. The molecule has 1 amide bonds. The Morgan fingerprint density at radius 1 is 0.945 bits per heavy atom. The smallest absolute Gasteiger partial charge is 0.243 e. The molecule has 0 saturated heterocycles. The fraction of sp³-hybridized carbons (Fsp3) is 0.508. The van der Waals surface area contributed by atoms with Crippen LogP contribution in [0.3, 0.4) is 0 Å². The predicted octanol–water partition coefficient (Wildman–Crippen LogP) is 7.32. The van der Waals surface area contributed by atoms with Gasteiger partial charge in [-0.25, -0.2) is 0 Å². The van der Waals surface area contributed by atoms with Crippen LogP contribution in [0, 0.1) is 23.2 Å². The Kier molecular flexibility index (Phi) is 18.7. The molecule has 0 unspecified atom stereocenters. The highest BCUT2D eigenvalue weighted by atomic mass is 16.3. The number of hydrogen-bond acceptors (Lipinski definition) is 11. The standard InChI is InChI=1S/C61H81N3O9/c1-37(2)10-6-11-38(3)12-7-15-45(36-66)50-24-26-61(57(50)71)52-22-21-48(68)33-43-29-41(13-9-27-65)28-42(30-43)32-46(31-40-17-19-47(67)20-18-40)54(70)35-63-56-55-44(14-8-16-51(55)58(62)64-59(56)72)34-53(69)39(4)49(52)23-25-60(61,5)73/h7-8,10,12,14-20,28-30,46,48,50,52,54,56-58,63,65-68,70-71,73H,3,6,9,11,13,21-27,31-36,62H2,1-2,4-5H3,(H,64,72)/b12-7+,45-15-,49-39+/t46-,48-,50+,52+,54+,56+,57+,58+,60+,61+/m0/s1. The number of aliphatic hydroxyl groups is 6. The largest absolute Gasteiger partial charge is 0.508 e. The molecule has 3 aromatic rings. The first kappa shape index (κ1) is 55.7. The molecule has 0 radical (unpaired) electrons. The van der Waals surface area contributed by atoms with Crippen molar-refractivity contribution in [2.45, 2.75) is 154 Å². The molecule has 73 heavy (non-hydrogen) atoms. The van der Waals surface area contributed by atoms with E-state index < -0.39 is 53.4 Å². The minimum Gasteiger partial charge on any atom is -0.508 e. The number of aromatic hydroxyl groups is 1. The molecular formula is C61H81N3O9. The lowest BCUT2D eigenvalue weighted by Gasteiger charge is -2.56. The van der Waals surface area contributed by atoms with Crippen molar-refractivity contribution in [1.82, 2.24) is 10.6 Å². The summed E-state index contributed by atoms with van der Waals surface area (Å²) in [4.78, 5) is 29.0. The van der Waals surface area contributed by atoms with Crippen molar-refractivity contribution < 1.29 is 45.3 Å². The van der Waals surface area contributed by atoms with Gasteiger partial charge in [0.05, 0.1) is 30.5 Å². The first-order valence-corrected chi connectivity index (χ1v) is 26.6. The molecule has 3 aromatic carbocycles. The third kappa shape index (κ3) is 12.9. The quantitative estimate of drug-likeness (QED) is 0.0639. The highest BCUT2D eigenvalue weighted by Gasteiger charge is 2.64. The second-order valence-corrected chi connectivity index (χ2v) is 22.0. The second kappa shape index (κ2) is 24.6. The number of ketones is 1. The van der Waals surface area contributed by atoms with Crippen molar-refractivity contribution in [2.75, 3.05) is 19.8 Å². The summed E-state index contributed by atoms with van der Waals surface area (Å²) >= 11 is 0. The number of β-amino-alcohol motifs (C(OH)–C–C–N with tert-alkyl or cyclic N) is 1. The van der Waals surface area contributed by atoms with E-state index in [9.17, 15) is 45.3 Å². The number of benzene rings is 3. The Morgan fingerprint density at radius 3 is 2.40 bits per heavy atom. The molecule has 394 valence electrons. The molecule has 2 fully saturated rings. The molecule has 11 N–H and O–H groups in total. The van der Waals surface area contributed by atoms with Gasteiger partial charge >= 0.3 is 0 Å². The van der Waals surface area contributed by atoms with E-state index in [0.29, 0.717) is 98.5 Å². The number of Topliss-reactive ketones (excluding diaryl/α,β-unsaturated/α-hetero) is 1. The number of carbonyl (C=O) groups is 2. The third-order valence-electron chi connectivity index (χ3n) is 16.7. The van der Waals surface area contributed by atoms with Crippen molar-refractivity contribution in [3.8, 4) is 5.75 Å². The molecule has 10 atom stereocenters. The fourth-order valence-electron chi connectivity index (χ4n) is 12.8. The molecule has 2 aliphatic heterocycles. The van der Waals surface area contributed by atoms with E-state index >= 15 is 0 Å². The van der Waals surface area contributed by atoms with Gasteiger partial charge in [-0.15, -0.1) is 0 Å². The van der Waals surface area contributed by atoms with Crippen LogP contribution in [0.4, 0.5) is 0 Å². The Labute approximate surface area is 432 Å². The van der Waals surface area contributed by atoms with E-state index in [1.165, 1.54) is 5.57 Å². The summed E-state index contributed by atoms with van der Waals surface area (Å²) in [5.74, 6) is -1.78. The Bertz CT molecular complexity index is 2570. The van der Waals surface area contributed by atoms with Gasteiger partial charge in [-0.2, -0.15) is 0 Å². The highest BCUT2D eigenvalue weighted by Crippen LogP contribution is 2.63. The molecular weight excluding hydrogens is 919 g/mol. The van der Waals surface area contributed by atoms with Crippen molar-refractivity contribution in [3.63, 3.8) is 0 Å². The van der Waals surface area contributed by atoms with Crippen LogP contribution in [-0.2, 0) is 41.7 Å². The van der Waals surface area contributed by atoms with Crippen LogP contribution in [0.1, 0.15) is 137 Å². The lowest BCUT2D eigenvalue weighted by molar-refractivity contribution is -0.168. The number of carbonyl (C=O) groups excluding carboxylic acids is 2. The van der Waals surface area contributed by atoms with E-state index in [-0.39, 0.29) is 49.5 Å². The summed E-state index contributed by atoms with van der Waals surface area (Å²) < 4.78 is 0. The fourth-order valence-corrected chi connectivity index (χ4v) is 12.8. The summed E-state index contributed by atoms with van der Waals surface area (Å²) in [6.45, 7) is 11.7. The van der Waals surface area contributed by atoms with Gasteiger partial charge in [-0.3, -0.25) is 14.9 Å². The number of fused-ring (bicyclic) bond motifs is 4. The van der Waals surface area contributed by atoms with E-state index in [0.717, 1.165) is 46.2 Å². The van der Waals surface area contributed by atoms with Gasteiger partial charge in [0.25, 0.3) is 0 Å². The van der Waals surface area contributed by atoms with E-state index in [4.69, 9.17) is 5.73 Å². The van der Waals surface area contributed by atoms with Gasteiger partial charge < -0.3 is 46.8 Å². The van der Waals surface area contributed by atoms with Gasteiger partial charge in [0.15, 0.2) is 5.78 Å². The van der Waals surface area contributed by atoms with Crippen molar-refractivity contribution in [1.29, 1.82) is 0 Å². The van der Waals surface area contributed by atoms with Gasteiger partial charge in [0.1, 0.15) is 18.0 Å². The highest BCUT2D eigenvalue weighted by molar-refractivity contribution is 5.98. The molecule has 4 aliphatic rings. The number of aliphatic hydroxyl groups excluding tert-OH is 5. The normalized spacial score (nSPS) is 30.4. The number of aryl methyl sites for hydroxylation is 1. The van der Waals surface area contributed by atoms with Crippen LogP contribution < -0.4 is 16.4 Å². The summed E-state index contributed by atoms with van der Waals surface area (Å²) in [5, 5.41) is 86.9. The molecule has 0 aromatic heterocycles. The molecule has 12 nitrogen and oxygen atoms in total. The number of nitrogens with two attached hydrogens (primary N) is 1. The molecule has 2 bridgehead atoms. The second-order valence-electron chi connectivity index (χ2n) is 22.0. The Hall–Kier alpha value is -5.02. The van der Waals surface area contributed by atoms with Gasteiger partial charge in [-0.05, 0) is 185 Å². The average Bonchev–Trinajstić information content (AvgIpc) is 3.69. The van der Waals surface area contributed by atoms with Gasteiger partial charge in [0, 0.05) is 30.9 Å². The number of phenols is 1. The lowest BCUT2D eigenvalue weighted by atomic mass is 9.52.